The Morgan fingerprint density at radius 1 is 0.579 bits per heavy atom. The van der Waals surface area contributed by atoms with Crippen LogP contribution in [0.2, 0.25) is 12.1 Å². The van der Waals surface area contributed by atoms with Crippen LogP contribution in [0.5, 0.6) is 0 Å². The lowest BCUT2D eigenvalue weighted by molar-refractivity contribution is 0.165. The molecule has 0 saturated heterocycles. The van der Waals surface area contributed by atoms with Gasteiger partial charge in [0.05, 0.1) is 0 Å². The van der Waals surface area contributed by atoms with E-state index in [1.165, 1.54) is 50.6 Å². The van der Waals surface area contributed by atoms with Gasteiger partial charge in [0.25, 0.3) is 0 Å². The van der Waals surface area contributed by atoms with E-state index in [4.69, 9.17) is 8.85 Å². The van der Waals surface area contributed by atoms with E-state index < -0.39 is 8.56 Å². The average molecular weight is 289 g/mol. The molecule has 0 aromatic rings. The molecule has 0 radical (unpaired) electrons. The Kier molecular flexibility index (Phi) is 13.2. The van der Waals surface area contributed by atoms with Crippen LogP contribution in [0, 0.1) is 0 Å². The summed E-state index contributed by atoms with van der Waals surface area (Å²) in [5, 5.41) is 0. The Morgan fingerprint density at radius 2 is 1.00 bits per heavy atom. The largest absolute Gasteiger partial charge is 0.394 e. The van der Waals surface area contributed by atoms with Gasteiger partial charge in [-0.3, -0.25) is 0 Å². The zero-order valence-corrected chi connectivity index (χ0v) is 14.8. The van der Waals surface area contributed by atoms with Gasteiger partial charge in [-0.25, -0.2) is 0 Å². The van der Waals surface area contributed by atoms with Crippen molar-refractivity contribution in [1.29, 1.82) is 0 Å². The highest BCUT2D eigenvalue weighted by Crippen LogP contribution is 2.26. The van der Waals surface area contributed by atoms with Crippen molar-refractivity contribution in [2.45, 2.75) is 91.1 Å². The zero-order chi connectivity index (χ0) is 14.4. The average Bonchev–Trinajstić information content (AvgIpc) is 2.43. The molecule has 0 aromatic carbocycles. The van der Waals surface area contributed by atoms with Crippen LogP contribution in [0.15, 0.2) is 0 Å². The van der Waals surface area contributed by atoms with Gasteiger partial charge in [0.15, 0.2) is 0 Å². The summed E-state index contributed by atoms with van der Waals surface area (Å²) >= 11 is 0. The summed E-state index contributed by atoms with van der Waals surface area (Å²) in [7, 11) is -1.91. The predicted molar refractivity (Wildman–Crippen MR) is 86.9 cm³/mol. The molecule has 0 fully saturated rings. The molecule has 0 aliphatic carbocycles. The van der Waals surface area contributed by atoms with Crippen LogP contribution in [0.3, 0.4) is 0 Å². The van der Waals surface area contributed by atoms with E-state index in [-0.39, 0.29) is 0 Å². The minimum atomic E-state index is -1.91. The van der Waals surface area contributed by atoms with Crippen molar-refractivity contribution in [2.24, 2.45) is 0 Å². The lowest BCUT2D eigenvalue weighted by Crippen LogP contribution is -2.42. The lowest BCUT2D eigenvalue weighted by Gasteiger charge is -2.31. The molecular weight excluding hydrogens is 252 g/mol. The Hall–Kier alpha value is 0.137. The van der Waals surface area contributed by atoms with Gasteiger partial charge in [-0.05, 0) is 24.9 Å². The second kappa shape index (κ2) is 13.1. The van der Waals surface area contributed by atoms with Gasteiger partial charge in [-0.15, -0.1) is 0 Å². The SMILES string of the molecule is CCCCC[Si](CCCCC)(OCCC)OCCC. The number of hydrogen-bond acceptors (Lipinski definition) is 2. The minimum absolute atomic E-state index is 0.883. The van der Waals surface area contributed by atoms with Gasteiger partial charge in [-0.1, -0.05) is 66.2 Å². The maximum absolute atomic E-state index is 6.29. The zero-order valence-electron chi connectivity index (χ0n) is 13.8. The minimum Gasteiger partial charge on any atom is -0.394 e. The van der Waals surface area contributed by atoms with Gasteiger partial charge in [0.2, 0.25) is 0 Å². The van der Waals surface area contributed by atoms with E-state index >= 15 is 0 Å². The van der Waals surface area contributed by atoms with Crippen LogP contribution in [0.1, 0.15) is 79.1 Å². The molecule has 116 valence electrons. The van der Waals surface area contributed by atoms with Gasteiger partial charge < -0.3 is 8.85 Å². The maximum atomic E-state index is 6.29. The normalized spacial score (nSPS) is 12.0. The molecule has 0 heterocycles. The molecule has 2 nitrogen and oxygen atoms in total. The van der Waals surface area contributed by atoms with Crippen LogP contribution in [-0.2, 0) is 8.85 Å². The van der Waals surface area contributed by atoms with Crippen molar-refractivity contribution in [2.75, 3.05) is 13.2 Å². The number of unbranched alkanes of at least 4 members (excludes halogenated alkanes) is 4. The molecule has 0 aliphatic heterocycles. The second-order valence-corrected chi connectivity index (χ2v) is 8.92. The van der Waals surface area contributed by atoms with E-state index in [2.05, 4.69) is 27.7 Å². The molecule has 0 rings (SSSR count). The van der Waals surface area contributed by atoms with E-state index in [9.17, 15) is 0 Å². The molecule has 0 N–H and O–H groups in total. The van der Waals surface area contributed by atoms with Crippen LogP contribution >= 0.6 is 0 Å². The summed E-state index contributed by atoms with van der Waals surface area (Å²) in [4.78, 5) is 0. The fraction of sp³-hybridized carbons (Fsp3) is 1.00. The topological polar surface area (TPSA) is 18.5 Å². The first-order valence-electron chi connectivity index (χ1n) is 8.52. The van der Waals surface area contributed by atoms with Gasteiger partial charge in [-0.2, -0.15) is 0 Å². The second-order valence-electron chi connectivity index (χ2n) is 5.52. The van der Waals surface area contributed by atoms with E-state index in [0.29, 0.717) is 0 Å². The number of hydrogen-bond donors (Lipinski definition) is 0. The van der Waals surface area contributed by atoms with Gasteiger partial charge in [0.1, 0.15) is 0 Å². The molecule has 0 atom stereocenters. The fourth-order valence-corrected chi connectivity index (χ4v) is 5.96. The van der Waals surface area contributed by atoms with Crippen molar-refractivity contribution in [1.82, 2.24) is 0 Å². The van der Waals surface area contributed by atoms with Crippen LogP contribution in [0.4, 0.5) is 0 Å². The number of rotatable bonds is 14. The highest BCUT2D eigenvalue weighted by Gasteiger charge is 2.36. The molecule has 0 aromatic heterocycles. The summed E-state index contributed by atoms with van der Waals surface area (Å²) in [5.74, 6) is 0. The standard InChI is InChI=1S/C16H36O2Si/c1-5-9-11-15-19(17-13-7-3,18-14-8-4)16-12-10-6-2/h5-16H2,1-4H3. The van der Waals surface area contributed by atoms with Crippen LogP contribution in [-0.4, -0.2) is 21.8 Å². The van der Waals surface area contributed by atoms with Crippen molar-refractivity contribution in [3.05, 3.63) is 0 Å². The Morgan fingerprint density at radius 3 is 1.32 bits per heavy atom. The molecule has 0 aliphatic rings. The first-order chi connectivity index (χ1) is 9.24. The highest BCUT2D eigenvalue weighted by molar-refractivity contribution is 6.67. The molecule has 0 unspecified atom stereocenters. The van der Waals surface area contributed by atoms with E-state index in [1.807, 2.05) is 0 Å². The first kappa shape index (κ1) is 19.1. The smallest absolute Gasteiger partial charge is 0.338 e. The quantitative estimate of drug-likeness (QED) is 0.303. The molecular formula is C16H36O2Si. The Balaban J connectivity index is 4.44. The summed E-state index contributed by atoms with van der Waals surface area (Å²) in [6, 6.07) is 2.40. The molecule has 3 heteroatoms. The molecule has 0 bridgehead atoms. The fourth-order valence-electron chi connectivity index (χ4n) is 2.32. The Labute approximate surface area is 122 Å². The van der Waals surface area contributed by atoms with Crippen LogP contribution in [0.25, 0.3) is 0 Å². The summed E-state index contributed by atoms with van der Waals surface area (Å²) in [6.07, 6.45) is 9.95. The van der Waals surface area contributed by atoms with Crippen molar-refractivity contribution in [3.8, 4) is 0 Å². The van der Waals surface area contributed by atoms with E-state index in [0.717, 1.165) is 26.1 Å². The van der Waals surface area contributed by atoms with Crippen molar-refractivity contribution in [3.63, 3.8) is 0 Å². The van der Waals surface area contributed by atoms with Crippen LogP contribution < -0.4 is 0 Å². The summed E-state index contributed by atoms with van der Waals surface area (Å²) in [5.41, 5.74) is 0. The molecule has 0 amide bonds. The van der Waals surface area contributed by atoms with Gasteiger partial charge >= 0.3 is 8.56 Å². The molecule has 0 saturated carbocycles. The first-order valence-corrected chi connectivity index (χ1v) is 10.8. The predicted octanol–water partition coefficient (Wildman–Crippen LogP) is 5.66. The van der Waals surface area contributed by atoms with Crippen molar-refractivity contribution >= 4 is 8.56 Å². The third-order valence-electron chi connectivity index (χ3n) is 3.46. The van der Waals surface area contributed by atoms with Crippen molar-refractivity contribution < 1.29 is 8.85 Å². The van der Waals surface area contributed by atoms with Gasteiger partial charge in [0, 0.05) is 13.2 Å². The summed E-state index contributed by atoms with van der Waals surface area (Å²) < 4.78 is 12.6. The van der Waals surface area contributed by atoms with E-state index in [1.54, 1.807) is 0 Å². The highest BCUT2D eigenvalue weighted by atomic mass is 28.4. The summed E-state index contributed by atoms with van der Waals surface area (Å²) in [6.45, 7) is 10.7. The monoisotopic (exact) mass is 288 g/mol. The molecule has 19 heavy (non-hydrogen) atoms. The third kappa shape index (κ3) is 9.64. The lowest BCUT2D eigenvalue weighted by atomic mass is 10.3. The maximum Gasteiger partial charge on any atom is 0.338 e. The Bertz CT molecular complexity index is 166. The molecule has 0 spiro atoms. The third-order valence-corrected chi connectivity index (χ3v) is 7.15.